The van der Waals surface area contributed by atoms with Gasteiger partial charge in [0.25, 0.3) is 0 Å². The predicted molar refractivity (Wildman–Crippen MR) is 140 cm³/mol. The van der Waals surface area contributed by atoms with E-state index in [4.69, 9.17) is 0 Å². The Hall–Kier alpha value is 0.177. The number of fused-ring (bicyclic) bond motifs is 5. The molecule has 0 spiro atoms. The molecule has 0 aromatic carbocycles. The maximum absolute atomic E-state index is 3.29. The van der Waals surface area contributed by atoms with Crippen molar-refractivity contribution in [2.45, 2.75) is 146 Å². The summed E-state index contributed by atoms with van der Waals surface area (Å²) >= 11 is 0. The molecule has 182 valence electrons. The molecule has 0 bridgehead atoms. The van der Waals surface area contributed by atoms with Crippen molar-refractivity contribution in [1.82, 2.24) is 4.90 Å². The molecule has 6 aliphatic rings. The Morgan fingerprint density at radius 2 is 1.34 bits per heavy atom. The molecular weight excluding hydrogens is 402 g/mol. The second-order valence-corrected chi connectivity index (χ2v) is 19.5. The molecule has 1 nitrogen and oxygen atoms in total. The van der Waals surface area contributed by atoms with Crippen LogP contribution in [0.25, 0.3) is 0 Å². The van der Waals surface area contributed by atoms with Crippen LogP contribution in [-0.2, 0) is 0 Å². The van der Waals surface area contributed by atoms with Crippen molar-refractivity contribution < 1.29 is 0 Å². The van der Waals surface area contributed by atoms with Gasteiger partial charge >= 0.3 is 0 Å². The highest BCUT2D eigenvalue weighted by molar-refractivity contribution is 6.80. The van der Waals surface area contributed by atoms with Crippen LogP contribution in [0.15, 0.2) is 0 Å². The average molecular weight is 456 g/mol. The minimum absolute atomic E-state index is 0.974. The summed E-state index contributed by atoms with van der Waals surface area (Å²) in [5, 5.41) is 0. The molecule has 2 heteroatoms. The fourth-order valence-electron chi connectivity index (χ4n) is 11.2. The first-order valence-corrected chi connectivity index (χ1v) is 18.5. The van der Waals surface area contributed by atoms with Gasteiger partial charge in [0.15, 0.2) is 0 Å². The van der Waals surface area contributed by atoms with E-state index in [9.17, 15) is 0 Å². The summed E-state index contributed by atoms with van der Waals surface area (Å²) in [4.78, 5) is 3.29. The third kappa shape index (κ3) is 3.71. The van der Waals surface area contributed by atoms with E-state index in [1.54, 1.807) is 77.0 Å². The van der Waals surface area contributed by atoms with E-state index >= 15 is 0 Å². The van der Waals surface area contributed by atoms with Crippen molar-refractivity contribution >= 4 is 8.07 Å². The first kappa shape index (κ1) is 22.6. The third-order valence-electron chi connectivity index (χ3n) is 12.5. The zero-order valence-electron chi connectivity index (χ0n) is 21.7. The summed E-state index contributed by atoms with van der Waals surface area (Å²) in [6.07, 6.45) is 24.9. The zero-order chi connectivity index (χ0) is 21.9. The highest BCUT2D eigenvalue weighted by Gasteiger charge is 2.65. The number of hydrogen-bond acceptors (Lipinski definition) is 1. The molecule has 0 aromatic heterocycles. The lowest BCUT2D eigenvalue weighted by Crippen LogP contribution is -2.47. The topological polar surface area (TPSA) is 3.24 Å². The largest absolute Gasteiger partial charge is 0.296 e. The van der Waals surface area contributed by atoms with Gasteiger partial charge in [0.1, 0.15) is 0 Å². The summed E-state index contributed by atoms with van der Waals surface area (Å²) in [6.45, 7) is 9.92. The van der Waals surface area contributed by atoms with E-state index in [1.165, 1.54) is 32.2 Å². The van der Waals surface area contributed by atoms with E-state index in [1.807, 2.05) is 0 Å². The molecule has 5 saturated carbocycles. The first-order chi connectivity index (χ1) is 15.6. The van der Waals surface area contributed by atoms with Gasteiger partial charge in [-0.3, -0.25) is 4.90 Å². The highest BCUT2D eigenvalue weighted by atomic mass is 28.3. The van der Waals surface area contributed by atoms with E-state index in [0.717, 1.165) is 58.7 Å². The molecule has 1 heterocycles. The van der Waals surface area contributed by atoms with Crippen LogP contribution in [0.2, 0.25) is 24.2 Å². The molecule has 5 aliphatic carbocycles. The Morgan fingerprint density at radius 3 is 2.09 bits per heavy atom. The maximum atomic E-state index is 3.29. The van der Waals surface area contributed by atoms with Gasteiger partial charge in [0.05, 0.1) is 8.07 Å². The normalized spacial score (nSPS) is 46.2. The van der Waals surface area contributed by atoms with Gasteiger partial charge in [0.2, 0.25) is 0 Å². The van der Waals surface area contributed by atoms with Gasteiger partial charge in [-0.15, -0.1) is 0 Å². The van der Waals surface area contributed by atoms with Crippen molar-refractivity contribution in [3.63, 3.8) is 0 Å². The average Bonchev–Trinajstić information content (AvgIpc) is 3.51. The van der Waals surface area contributed by atoms with Crippen molar-refractivity contribution in [2.24, 2.45) is 35.5 Å². The van der Waals surface area contributed by atoms with Crippen LogP contribution in [0.4, 0.5) is 0 Å². The fraction of sp³-hybridized carbons (Fsp3) is 1.00. The molecule has 1 saturated heterocycles. The second-order valence-electron chi connectivity index (χ2n) is 14.4. The number of rotatable bonds is 4. The zero-order valence-corrected chi connectivity index (χ0v) is 22.7. The van der Waals surface area contributed by atoms with Gasteiger partial charge in [0, 0.05) is 18.6 Å². The van der Waals surface area contributed by atoms with E-state index in [2.05, 4.69) is 24.9 Å². The molecule has 0 N–H and O–H groups in total. The Labute approximate surface area is 200 Å². The van der Waals surface area contributed by atoms with Crippen LogP contribution in [0, 0.1) is 35.5 Å². The van der Waals surface area contributed by atoms with Gasteiger partial charge in [-0.05, 0) is 85.1 Å². The van der Waals surface area contributed by atoms with Crippen LogP contribution in [0.3, 0.4) is 0 Å². The first-order valence-electron chi connectivity index (χ1n) is 15.3. The third-order valence-corrected chi connectivity index (χ3v) is 17.7. The Bertz CT molecular complexity index is 647. The molecule has 1 aliphatic heterocycles. The molecule has 6 rings (SSSR count). The second kappa shape index (κ2) is 9.00. The highest BCUT2D eigenvalue weighted by Crippen LogP contribution is 2.67. The van der Waals surface area contributed by atoms with Crippen LogP contribution >= 0.6 is 0 Å². The number of hydrogen-bond donors (Lipinski definition) is 0. The molecule has 8 unspecified atom stereocenters. The summed E-state index contributed by atoms with van der Waals surface area (Å²) in [5.41, 5.74) is 2.32. The van der Waals surface area contributed by atoms with Gasteiger partial charge in [-0.25, -0.2) is 0 Å². The molecule has 6 fully saturated rings. The smallest absolute Gasteiger partial charge is 0.0542 e. The van der Waals surface area contributed by atoms with Gasteiger partial charge in [-0.2, -0.15) is 0 Å². The van der Waals surface area contributed by atoms with Crippen molar-refractivity contribution in [1.29, 1.82) is 0 Å². The summed E-state index contributed by atoms with van der Waals surface area (Å²) in [5.74, 6) is 6.39. The number of likely N-dealkylation sites (tertiary alicyclic amines) is 1. The lowest BCUT2D eigenvalue weighted by Gasteiger charge is -2.47. The standard InChI is InChI=1S/C30H53NSi/c1-21-17-18-27-26(19-21)28-29(31(27)20-22-11-5-4-6-12-22)24-15-9-10-16-25(24)30(28)32(2,3)23-13-7-8-14-23/h21-30H,4-20H2,1-3H3. The Kier molecular flexibility index (Phi) is 6.36. The van der Waals surface area contributed by atoms with Crippen molar-refractivity contribution in [3.05, 3.63) is 0 Å². The maximum Gasteiger partial charge on any atom is 0.0542 e. The minimum atomic E-state index is -1.24. The summed E-state index contributed by atoms with van der Waals surface area (Å²) in [6, 6.07) is 1.97. The van der Waals surface area contributed by atoms with E-state index in [-0.39, 0.29) is 0 Å². The molecule has 0 aromatic rings. The molecule has 32 heavy (non-hydrogen) atoms. The van der Waals surface area contributed by atoms with Crippen molar-refractivity contribution in [2.75, 3.05) is 6.54 Å². The monoisotopic (exact) mass is 455 g/mol. The van der Waals surface area contributed by atoms with Crippen molar-refractivity contribution in [3.8, 4) is 0 Å². The van der Waals surface area contributed by atoms with E-state index < -0.39 is 8.07 Å². The lowest BCUT2D eigenvalue weighted by molar-refractivity contribution is 0.0658. The van der Waals surface area contributed by atoms with Gasteiger partial charge in [-0.1, -0.05) is 84.2 Å². The molecule has 0 amide bonds. The van der Waals surface area contributed by atoms with E-state index in [0.29, 0.717) is 0 Å². The Balaban J connectivity index is 1.36. The SMILES string of the molecule is CC1CCC2C(C1)C1C(C3CCCCC3C1[Si](C)(C)C1CCCC1)N2CC1CCCCC1. The molecular formula is C30H53NSi. The summed E-state index contributed by atoms with van der Waals surface area (Å²) < 4.78 is 0. The van der Waals surface area contributed by atoms with Crippen LogP contribution < -0.4 is 0 Å². The fourth-order valence-corrected chi connectivity index (χ4v) is 16.6. The summed E-state index contributed by atoms with van der Waals surface area (Å²) in [7, 11) is -1.24. The molecule has 8 atom stereocenters. The van der Waals surface area contributed by atoms with Crippen LogP contribution in [-0.4, -0.2) is 31.6 Å². The minimum Gasteiger partial charge on any atom is -0.296 e. The van der Waals surface area contributed by atoms with Crippen LogP contribution in [0.5, 0.6) is 0 Å². The predicted octanol–water partition coefficient (Wildman–Crippen LogP) is 8.51. The lowest BCUT2D eigenvalue weighted by atomic mass is 9.73. The quantitative estimate of drug-likeness (QED) is 0.384. The van der Waals surface area contributed by atoms with Crippen LogP contribution in [0.1, 0.15) is 110 Å². The Morgan fingerprint density at radius 1 is 0.688 bits per heavy atom. The number of nitrogens with zero attached hydrogens (tertiary/aromatic N) is 1. The molecule has 0 radical (unpaired) electrons. The van der Waals surface area contributed by atoms with Gasteiger partial charge < -0.3 is 0 Å².